The van der Waals surface area contributed by atoms with Crippen LogP contribution in [0, 0.1) is 0 Å². The van der Waals surface area contributed by atoms with Gasteiger partial charge in [0.2, 0.25) is 0 Å². The van der Waals surface area contributed by atoms with Crippen LogP contribution in [0.1, 0.15) is 0 Å². The lowest BCUT2D eigenvalue weighted by molar-refractivity contribution is -0.691. The fourth-order valence-corrected chi connectivity index (χ4v) is 1.81. The number of carboxylic acids is 2. The highest BCUT2D eigenvalue weighted by molar-refractivity contribution is 5.63. The fraction of sp³-hybridized carbons (Fsp3) is 0.143. The van der Waals surface area contributed by atoms with Crippen LogP contribution in [-0.4, -0.2) is 11.9 Å². The number of rotatable bonds is 5. The third-order valence-electron chi connectivity index (χ3n) is 2.74. The zero-order valence-electron chi connectivity index (χ0n) is 10.6. The molecule has 6 heteroatoms. The molecule has 0 N–H and O–H groups in total. The molecular weight excluding hydrogens is 260 g/mol. The van der Waals surface area contributed by atoms with Crippen molar-refractivity contribution in [2.24, 2.45) is 0 Å². The molecule has 0 aromatic carbocycles. The average Bonchev–Trinajstić information content (AvgIpc) is 2.39. The SMILES string of the molecule is O=C([O-])C[n+]1ccc(-c2cc[n+](CC(=O)[O-])cc2)cc1. The van der Waals surface area contributed by atoms with Gasteiger partial charge in [0.1, 0.15) is 11.9 Å². The molecule has 0 saturated heterocycles. The van der Waals surface area contributed by atoms with E-state index in [-0.39, 0.29) is 13.1 Å². The summed E-state index contributed by atoms with van der Waals surface area (Å²) < 4.78 is 3.00. The van der Waals surface area contributed by atoms with E-state index in [0.717, 1.165) is 11.1 Å². The van der Waals surface area contributed by atoms with E-state index in [2.05, 4.69) is 0 Å². The second-order valence-corrected chi connectivity index (χ2v) is 4.26. The molecule has 2 aromatic heterocycles. The Kier molecular flexibility index (Phi) is 4.05. The Morgan fingerprint density at radius 3 is 1.30 bits per heavy atom. The molecule has 0 unspecified atom stereocenters. The normalized spacial score (nSPS) is 10.2. The fourth-order valence-electron chi connectivity index (χ4n) is 1.81. The minimum atomic E-state index is -1.15. The second kappa shape index (κ2) is 5.92. The van der Waals surface area contributed by atoms with Gasteiger partial charge < -0.3 is 19.8 Å². The molecule has 0 fully saturated rings. The molecule has 0 radical (unpaired) electrons. The van der Waals surface area contributed by atoms with E-state index in [1.807, 2.05) is 0 Å². The van der Waals surface area contributed by atoms with Gasteiger partial charge in [-0.05, 0) is 11.1 Å². The number of carbonyl (C=O) groups is 2. The molecule has 0 aliphatic carbocycles. The molecule has 0 atom stereocenters. The van der Waals surface area contributed by atoms with Crippen LogP contribution in [0.3, 0.4) is 0 Å². The number of nitrogens with zero attached hydrogens (tertiary/aromatic N) is 2. The molecule has 102 valence electrons. The molecule has 2 heterocycles. The summed E-state index contributed by atoms with van der Waals surface area (Å²) in [5, 5.41) is 20.9. The lowest BCUT2D eigenvalue weighted by atomic mass is 10.1. The van der Waals surface area contributed by atoms with Crippen molar-refractivity contribution < 1.29 is 28.9 Å². The van der Waals surface area contributed by atoms with Crippen LogP contribution in [0.4, 0.5) is 0 Å². The molecule has 0 bridgehead atoms. The smallest absolute Gasteiger partial charge is 0.187 e. The lowest BCUT2D eigenvalue weighted by Gasteiger charge is -2.02. The van der Waals surface area contributed by atoms with Crippen molar-refractivity contribution in [1.82, 2.24) is 0 Å². The summed E-state index contributed by atoms with van der Waals surface area (Å²) in [6.07, 6.45) is 6.58. The van der Waals surface area contributed by atoms with Crippen molar-refractivity contribution in [3.63, 3.8) is 0 Å². The van der Waals surface area contributed by atoms with E-state index >= 15 is 0 Å². The molecule has 6 nitrogen and oxygen atoms in total. The third kappa shape index (κ3) is 3.61. The van der Waals surface area contributed by atoms with E-state index in [4.69, 9.17) is 0 Å². The number of pyridine rings is 2. The Labute approximate surface area is 115 Å². The maximum atomic E-state index is 10.5. The number of hydrogen-bond donors (Lipinski definition) is 0. The van der Waals surface area contributed by atoms with Gasteiger partial charge in [-0.1, -0.05) is 0 Å². The Hall–Kier alpha value is -2.76. The van der Waals surface area contributed by atoms with Crippen molar-refractivity contribution in [2.75, 3.05) is 0 Å². The Bertz CT molecular complexity index is 563. The van der Waals surface area contributed by atoms with Gasteiger partial charge in [0.25, 0.3) is 0 Å². The molecule has 20 heavy (non-hydrogen) atoms. The zero-order valence-corrected chi connectivity index (χ0v) is 10.6. The number of carboxylic acid groups (broad SMARTS) is 2. The van der Waals surface area contributed by atoms with Crippen LogP contribution < -0.4 is 19.3 Å². The summed E-state index contributed by atoms with van der Waals surface area (Å²) in [5.74, 6) is -2.29. The largest absolute Gasteiger partial charge is 0.544 e. The van der Waals surface area contributed by atoms with Gasteiger partial charge in [-0.3, -0.25) is 0 Å². The second-order valence-electron chi connectivity index (χ2n) is 4.26. The number of hydrogen-bond acceptors (Lipinski definition) is 4. The van der Waals surface area contributed by atoms with Crippen molar-refractivity contribution in [1.29, 1.82) is 0 Å². The summed E-state index contributed by atoms with van der Waals surface area (Å²) in [4.78, 5) is 20.9. The van der Waals surface area contributed by atoms with Gasteiger partial charge in [0.05, 0.1) is 0 Å². The lowest BCUT2D eigenvalue weighted by Crippen LogP contribution is -2.43. The summed E-state index contributed by atoms with van der Waals surface area (Å²) >= 11 is 0. The number of carbonyl (C=O) groups excluding carboxylic acids is 2. The van der Waals surface area contributed by atoms with Crippen LogP contribution in [0.25, 0.3) is 11.1 Å². The van der Waals surface area contributed by atoms with Gasteiger partial charge >= 0.3 is 0 Å². The minimum Gasteiger partial charge on any atom is -0.544 e. The first kappa shape index (κ1) is 13.7. The van der Waals surface area contributed by atoms with Crippen molar-refractivity contribution >= 4 is 11.9 Å². The van der Waals surface area contributed by atoms with Crippen LogP contribution in [0.2, 0.25) is 0 Å². The van der Waals surface area contributed by atoms with Crippen LogP contribution >= 0.6 is 0 Å². The van der Waals surface area contributed by atoms with Gasteiger partial charge in [0, 0.05) is 24.3 Å². The highest BCUT2D eigenvalue weighted by Crippen LogP contribution is 2.15. The molecule has 0 aliphatic heterocycles. The Balaban J connectivity index is 2.15. The van der Waals surface area contributed by atoms with Crippen LogP contribution in [0.15, 0.2) is 49.1 Å². The van der Waals surface area contributed by atoms with E-state index in [1.165, 1.54) is 9.13 Å². The first-order chi connectivity index (χ1) is 9.54. The quantitative estimate of drug-likeness (QED) is 0.560. The van der Waals surface area contributed by atoms with Gasteiger partial charge in [-0.2, -0.15) is 9.13 Å². The summed E-state index contributed by atoms with van der Waals surface area (Å²) in [7, 11) is 0. The molecule has 0 spiro atoms. The van der Waals surface area contributed by atoms with Gasteiger partial charge in [0.15, 0.2) is 37.9 Å². The van der Waals surface area contributed by atoms with Crippen molar-refractivity contribution in [3.05, 3.63) is 49.1 Å². The average molecular weight is 272 g/mol. The summed E-state index contributed by atoms with van der Waals surface area (Å²) in [6.45, 7) is -0.388. The molecular formula is C14H12N2O4. The highest BCUT2D eigenvalue weighted by atomic mass is 16.4. The molecule has 0 saturated carbocycles. The van der Waals surface area contributed by atoms with Crippen LogP contribution in [0.5, 0.6) is 0 Å². The highest BCUT2D eigenvalue weighted by Gasteiger charge is 2.05. The summed E-state index contributed by atoms with van der Waals surface area (Å²) in [5.41, 5.74) is 1.81. The van der Waals surface area contributed by atoms with E-state index in [1.54, 1.807) is 49.1 Å². The topological polar surface area (TPSA) is 88.0 Å². The van der Waals surface area contributed by atoms with Crippen molar-refractivity contribution in [3.8, 4) is 11.1 Å². The standard InChI is InChI=1S/C14H12N2O4/c17-13(18)9-15-5-1-11(2-6-15)12-3-7-16(8-4-12)10-14(19)20/h1-8H,9-10H2. The molecule has 2 rings (SSSR count). The molecule has 2 aromatic rings. The van der Waals surface area contributed by atoms with E-state index < -0.39 is 11.9 Å². The zero-order chi connectivity index (χ0) is 14.5. The van der Waals surface area contributed by atoms with Crippen LogP contribution in [-0.2, 0) is 22.7 Å². The first-order valence-corrected chi connectivity index (χ1v) is 5.93. The first-order valence-electron chi connectivity index (χ1n) is 5.93. The van der Waals surface area contributed by atoms with Gasteiger partial charge in [-0.25, -0.2) is 0 Å². The Morgan fingerprint density at radius 1 is 0.750 bits per heavy atom. The number of aromatic nitrogens is 2. The Morgan fingerprint density at radius 2 is 1.05 bits per heavy atom. The maximum absolute atomic E-state index is 10.5. The van der Waals surface area contributed by atoms with Crippen molar-refractivity contribution in [2.45, 2.75) is 13.1 Å². The molecule has 0 amide bonds. The minimum absolute atomic E-state index is 0.194. The van der Waals surface area contributed by atoms with E-state index in [0.29, 0.717) is 0 Å². The monoisotopic (exact) mass is 272 g/mol. The predicted octanol–water partition coefficient (Wildman–Crippen LogP) is -2.57. The molecule has 0 aliphatic rings. The third-order valence-corrected chi connectivity index (χ3v) is 2.74. The van der Waals surface area contributed by atoms with E-state index in [9.17, 15) is 19.8 Å². The summed E-state index contributed by atoms with van der Waals surface area (Å²) in [6, 6.07) is 7.12. The predicted molar refractivity (Wildman–Crippen MR) is 62.3 cm³/mol. The van der Waals surface area contributed by atoms with Gasteiger partial charge in [-0.15, -0.1) is 0 Å². The number of aliphatic carboxylic acids is 2. The maximum Gasteiger partial charge on any atom is 0.187 e.